The first-order chi connectivity index (χ1) is 18.6. The third kappa shape index (κ3) is 4.32. The molecule has 0 bridgehead atoms. The number of nitrogens with zero attached hydrogens (tertiary/aromatic N) is 1. The van der Waals surface area contributed by atoms with Crippen LogP contribution in [0.4, 0.5) is 4.39 Å². The van der Waals surface area contributed by atoms with Crippen LogP contribution in [0.1, 0.15) is 71.2 Å². The number of likely N-dealkylation sites (tertiary alicyclic amines) is 1. The van der Waals surface area contributed by atoms with Crippen molar-refractivity contribution in [3.8, 4) is 5.75 Å². The van der Waals surface area contributed by atoms with Gasteiger partial charge >= 0.3 is 5.97 Å². The predicted molar refractivity (Wildman–Crippen MR) is 141 cm³/mol. The van der Waals surface area contributed by atoms with Crippen molar-refractivity contribution in [3.05, 3.63) is 88.6 Å². The number of ether oxygens (including phenoxy) is 1. The number of carbonyl (C=O) groups is 3. The van der Waals surface area contributed by atoms with Crippen LogP contribution in [0.15, 0.2) is 59.0 Å². The lowest BCUT2D eigenvalue weighted by Gasteiger charge is -2.41. The molecular formula is C31H32FNO6. The van der Waals surface area contributed by atoms with Crippen LogP contribution in [-0.2, 0) is 9.59 Å². The largest absolute Gasteiger partial charge is 0.497 e. The first-order valence-electron chi connectivity index (χ1n) is 13.1. The van der Waals surface area contributed by atoms with Gasteiger partial charge in [-0.15, -0.1) is 0 Å². The van der Waals surface area contributed by atoms with Crippen LogP contribution in [0.3, 0.4) is 0 Å². The van der Waals surface area contributed by atoms with Crippen molar-refractivity contribution >= 4 is 17.7 Å². The van der Waals surface area contributed by atoms with Gasteiger partial charge in [0.1, 0.15) is 28.6 Å². The molecule has 0 spiro atoms. The normalized spacial score (nSPS) is 24.8. The standard InChI is InChI=1S/C31H32FNO6/c1-17-16-24(18(2)39-17)28(34)25-26(19-10-14-23(38-4)15-11-19)31(3,30(36)37)33(29(35)21-6-5-7-21)27(25)20-8-12-22(32)13-9-20/h8-16,21,25-27H,5-7H2,1-4H3,(H,36,37). The molecule has 2 heterocycles. The van der Waals surface area contributed by atoms with E-state index < -0.39 is 35.2 Å². The van der Waals surface area contributed by atoms with Gasteiger partial charge in [0.05, 0.1) is 24.6 Å². The van der Waals surface area contributed by atoms with Gasteiger partial charge in [-0.2, -0.15) is 0 Å². The average molecular weight is 534 g/mol. The van der Waals surface area contributed by atoms with Gasteiger partial charge in [0.15, 0.2) is 5.78 Å². The van der Waals surface area contributed by atoms with Crippen molar-refractivity contribution < 1.29 is 33.0 Å². The fourth-order valence-electron chi connectivity index (χ4n) is 6.29. The molecular weight excluding hydrogens is 501 g/mol. The summed E-state index contributed by atoms with van der Waals surface area (Å²) >= 11 is 0. The number of rotatable bonds is 7. The summed E-state index contributed by atoms with van der Waals surface area (Å²) < 4.78 is 25.0. The molecule has 0 radical (unpaired) electrons. The molecule has 5 rings (SSSR count). The minimum Gasteiger partial charge on any atom is -0.497 e. The molecule has 2 aromatic carbocycles. The van der Waals surface area contributed by atoms with Crippen molar-refractivity contribution in [2.45, 2.75) is 57.5 Å². The molecule has 4 atom stereocenters. The quantitative estimate of drug-likeness (QED) is 0.383. The molecule has 39 heavy (non-hydrogen) atoms. The maximum atomic E-state index is 14.5. The van der Waals surface area contributed by atoms with Gasteiger partial charge in [0, 0.05) is 11.8 Å². The highest BCUT2D eigenvalue weighted by atomic mass is 19.1. The molecule has 1 amide bonds. The molecule has 204 valence electrons. The van der Waals surface area contributed by atoms with E-state index in [-0.39, 0.29) is 17.6 Å². The van der Waals surface area contributed by atoms with Crippen LogP contribution in [0.25, 0.3) is 0 Å². The van der Waals surface area contributed by atoms with Crippen LogP contribution in [0, 0.1) is 31.5 Å². The fraction of sp³-hybridized carbons (Fsp3) is 0.387. The molecule has 1 aromatic heterocycles. The zero-order valence-electron chi connectivity index (χ0n) is 22.4. The Kier molecular flexibility index (Phi) is 6.83. The molecule has 2 aliphatic rings. The Labute approximate surface area is 226 Å². The maximum absolute atomic E-state index is 14.5. The third-order valence-corrected chi connectivity index (χ3v) is 8.50. The Hall–Kier alpha value is -3.94. The second-order valence-electron chi connectivity index (χ2n) is 10.8. The summed E-state index contributed by atoms with van der Waals surface area (Å²) in [5, 5.41) is 10.8. The number of carboxylic acid groups (broad SMARTS) is 1. The van der Waals surface area contributed by atoms with E-state index in [1.165, 1.54) is 43.2 Å². The van der Waals surface area contributed by atoms with Crippen molar-refractivity contribution in [2.24, 2.45) is 11.8 Å². The minimum atomic E-state index is -1.77. The number of aliphatic carboxylic acids is 1. The lowest BCUT2D eigenvalue weighted by molar-refractivity contribution is -0.161. The van der Waals surface area contributed by atoms with Crippen LogP contribution in [0.2, 0.25) is 0 Å². The number of carboxylic acids is 1. The van der Waals surface area contributed by atoms with Crippen molar-refractivity contribution in [3.63, 3.8) is 0 Å². The molecule has 2 fully saturated rings. The first-order valence-corrected chi connectivity index (χ1v) is 13.1. The smallest absolute Gasteiger partial charge is 0.330 e. The molecule has 1 aliphatic carbocycles. The Morgan fingerprint density at radius 3 is 2.13 bits per heavy atom. The Morgan fingerprint density at radius 2 is 1.64 bits per heavy atom. The van der Waals surface area contributed by atoms with Crippen molar-refractivity contribution in [1.29, 1.82) is 0 Å². The van der Waals surface area contributed by atoms with Gasteiger partial charge in [-0.25, -0.2) is 9.18 Å². The molecule has 1 saturated heterocycles. The van der Waals surface area contributed by atoms with E-state index in [9.17, 15) is 23.9 Å². The number of aryl methyl sites for hydroxylation is 2. The highest BCUT2D eigenvalue weighted by molar-refractivity contribution is 6.03. The first kappa shape index (κ1) is 26.7. The van der Waals surface area contributed by atoms with Gasteiger partial charge in [0.25, 0.3) is 0 Å². The summed E-state index contributed by atoms with van der Waals surface area (Å²) in [6.45, 7) is 4.96. The van der Waals surface area contributed by atoms with E-state index in [1.807, 2.05) is 0 Å². The number of benzene rings is 2. The molecule has 1 saturated carbocycles. The Bertz CT molecular complexity index is 1410. The summed E-state index contributed by atoms with van der Waals surface area (Å²) in [6, 6.07) is 13.3. The second-order valence-corrected chi connectivity index (χ2v) is 10.8. The van der Waals surface area contributed by atoms with E-state index in [0.717, 1.165) is 6.42 Å². The van der Waals surface area contributed by atoms with Crippen molar-refractivity contribution in [2.75, 3.05) is 7.11 Å². The third-order valence-electron chi connectivity index (χ3n) is 8.50. The van der Waals surface area contributed by atoms with Gasteiger partial charge in [0.2, 0.25) is 5.91 Å². The molecule has 3 aromatic rings. The molecule has 4 unspecified atom stereocenters. The number of ketones is 1. The summed E-state index contributed by atoms with van der Waals surface area (Å²) in [5.74, 6) is -2.97. The zero-order valence-corrected chi connectivity index (χ0v) is 22.4. The zero-order chi connectivity index (χ0) is 28.1. The number of hydrogen-bond donors (Lipinski definition) is 1. The number of furan rings is 1. The molecule has 1 aliphatic heterocycles. The molecule has 8 heteroatoms. The number of carbonyl (C=O) groups excluding carboxylic acids is 2. The lowest BCUT2D eigenvalue weighted by atomic mass is 9.71. The summed E-state index contributed by atoms with van der Waals surface area (Å²) in [4.78, 5) is 43.3. The topological polar surface area (TPSA) is 97.0 Å². The molecule has 1 N–H and O–H groups in total. The number of Topliss-reactive ketones (excluding diaryl/α,β-unsaturated/α-hetero) is 1. The highest BCUT2D eigenvalue weighted by Crippen LogP contribution is 2.57. The highest BCUT2D eigenvalue weighted by Gasteiger charge is 2.65. The Morgan fingerprint density at radius 1 is 1.03 bits per heavy atom. The predicted octanol–water partition coefficient (Wildman–Crippen LogP) is 5.85. The van der Waals surface area contributed by atoms with Crippen LogP contribution >= 0.6 is 0 Å². The summed E-state index contributed by atoms with van der Waals surface area (Å²) in [5.41, 5.74) is -0.335. The SMILES string of the molecule is COc1ccc(C2C(C(=O)c3cc(C)oc3C)C(c3ccc(F)cc3)N(C(=O)C3CCC3)C2(C)C(=O)O)cc1. The van der Waals surface area contributed by atoms with Gasteiger partial charge in [-0.05, 0) is 75.1 Å². The van der Waals surface area contributed by atoms with Crippen molar-refractivity contribution in [1.82, 2.24) is 4.90 Å². The van der Waals surface area contributed by atoms with E-state index in [2.05, 4.69) is 0 Å². The van der Waals surface area contributed by atoms with E-state index >= 15 is 0 Å². The van der Waals surface area contributed by atoms with Gasteiger partial charge in [-0.3, -0.25) is 9.59 Å². The second kappa shape index (κ2) is 9.98. The Balaban J connectivity index is 1.79. The minimum absolute atomic E-state index is 0.297. The number of hydrogen-bond acceptors (Lipinski definition) is 5. The molecule has 7 nitrogen and oxygen atoms in total. The number of methoxy groups -OCH3 is 1. The summed E-state index contributed by atoms with van der Waals surface area (Å²) in [6.07, 6.45) is 2.20. The lowest BCUT2D eigenvalue weighted by Crippen LogP contribution is -2.56. The van der Waals surface area contributed by atoms with Crippen LogP contribution in [0.5, 0.6) is 5.75 Å². The van der Waals surface area contributed by atoms with Crippen LogP contribution in [-0.4, -0.2) is 40.3 Å². The van der Waals surface area contributed by atoms with E-state index in [1.54, 1.807) is 44.2 Å². The number of halogens is 1. The van der Waals surface area contributed by atoms with E-state index in [4.69, 9.17) is 9.15 Å². The maximum Gasteiger partial charge on any atom is 0.330 e. The average Bonchev–Trinajstić information content (AvgIpc) is 3.36. The van der Waals surface area contributed by atoms with Gasteiger partial charge in [-0.1, -0.05) is 30.7 Å². The van der Waals surface area contributed by atoms with E-state index in [0.29, 0.717) is 46.8 Å². The summed E-state index contributed by atoms with van der Waals surface area (Å²) in [7, 11) is 1.53. The van der Waals surface area contributed by atoms with Gasteiger partial charge < -0.3 is 19.2 Å². The monoisotopic (exact) mass is 533 g/mol. The number of amides is 1. The van der Waals surface area contributed by atoms with Crippen LogP contribution < -0.4 is 4.74 Å². The fourth-order valence-corrected chi connectivity index (χ4v) is 6.29.